The number of fused-ring (bicyclic) bond motifs is 1. The first kappa shape index (κ1) is 27.2. The van der Waals surface area contributed by atoms with Gasteiger partial charge in [0, 0.05) is 31.1 Å². The Balaban J connectivity index is 1.16. The fourth-order valence-corrected chi connectivity index (χ4v) is 6.42. The number of amides is 1. The van der Waals surface area contributed by atoms with Crippen LogP contribution >= 0.6 is 0 Å². The lowest BCUT2D eigenvalue weighted by molar-refractivity contribution is -0.150. The number of hydrogen-bond acceptors (Lipinski definition) is 4. The number of halogens is 1. The number of esters is 1. The van der Waals surface area contributed by atoms with Crippen LogP contribution in [-0.4, -0.2) is 54.4 Å². The van der Waals surface area contributed by atoms with Gasteiger partial charge in [-0.1, -0.05) is 78.9 Å². The van der Waals surface area contributed by atoms with Crippen molar-refractivity contribution in [3.8, 4) is 0 Å². The molecule has 6 rings (SSSR count). The third-order valence-corrected chi connectivity index (χ3v) is 8.70. The number of benzene rings is 4. The molecule has 2 heterocycles. The maximum Gasteiger partial charge on any atom is 0.311 e. The first-order chi connectivity index (χ1) is 20.0. The van der Waals surface area contributed by atoms with Gasteiger partial charge in [-0.15, -0.1) is 0 Å². The molecule has 0 aliphatic carbocycles. The number of hydrogen-bond donors (Lipinski definition) is 0. The van der Waals surface area contributed by atoms with E-state index < -0.39 is 0 Å². The van der Waals surface area contributed by atoms with E-state index in [1.807, 2.05) is 89.8 Å². The van der Waals surface area contributed by atoms with Crippen molar-refractivity contribution in [1.29, 1.82) is 0 Å². The van der Waals surface area contributed by atoms with Crippen LogP contribution in [0.5, 0.6) is 0 Å². The molecule has 0 spiro atoms. The monoisotopic (exact) mass is 550 g/mol. The highest BCUT2D eigenvalue weighted by atomic mass is 19.1. The van der Waals surface area contributed by atoms with Crippen molar-refractivity contribution >= 4 is 22.6 Å². The van der Waals surface area contributed by atoms with Gasteiger partial charge in [0.25, 0.3) is 5.91 Å². The van der Waals surface area contributed by atoms with Gasteiger partial charge < -0.3 is 14.5 Å². The Morgan fingerprint density at radius 2 is 1.51 bits per heavy atom. The number of rotatable bonds is 7. The quantitative estimate of drug-likeness (QED) is 0.254. The molecule has 2 saturated heterocycles. The van der Waals surface area contributed by atoms with Crippen LogP contribution in [-0.2, 0) is 16.1 Å². The molecule has 2 aliphatic heterocycles. The Morgan fingerprint density at radius 1 is 0.805 bits per heavy atom. The lowest BCUT2D eigenvalue weighted by Gasteiger charge is -2.34. The second-order valence-electron chi connectivity index (χ2n) is 11.3. The minimum Gasteiger partial charge on any atom is -0.461 e. The topological polar surface area (TPSA) is 49.9 Å². The highest BCUT2D eigenvalue weighted by Gasteiger charge is 2.42. The van der Waals surface area contributed by atoms with Crippen LogP contribution in [0.2, 0.25) is 0 Å². The van der Waals surface area contributed by atoms with Gasteiger partial charge in [-0.3, -0.25) is 9.59 Å². The maximum atomic E-state index is 13.8. The summed E-state index contributed by atoms with van der Waals surface area (Å²) < 4.78 is 19.2. The molecule has 0 N–H and O–H groups in total. The van der Waals surface area contributed by atoms with E-state index in [2.05, 4.69) is 4.90 Å². The second-order valence-corrected chi connectivity index (χ2v) is 11.3. The molecule has 4 aromatic carbocycles. The largest absolute Gasteiger partial charge is 0.461 e. The van der Waals surface area contributed by atoms with Crippen LogP contribution in [0.15, 0.2) is 97.1 Å². The standard InChI is InChI=1S/C35H35FN2O3/c36-30-15-13-26(14-16-30)27-17-19-37(20-18-27)21-29-22-38(23-33(29)35(40)41-24-25-7-2-1-3-8-25)34(39)32-12-6-10-28-9-4-5-11-31(28)32/h1-16,27,29,33H,17-24H2/t29-,33-/m1/s1. The minimum atomic E-state index is -0.382. The van der Waals surface area contributed by atoms with Gasteiger partial charge in [0.1, 0.15) is 12.4 Å². The minimum absolute atomic E-state index is 0.0143. The van der Waals surface area contributed by atoms with Crippen LogP contribution in [0.4, 0.5) is 4.39 Å². The number of nitrogens with zero attached hydrogens (tertiary/aromatic N) is 2. The van der Waals surface area contributed by atoms with Crippen LogP contribution in [0.25, 0.3) is 10.8 Å². The summed E-state index contributed by atoms with van der Waals surface area (Å²) in [7, 11) is 0. The predicted octanol–water partition coefficient (Wildman–Crippen LogP) is 6.29. The normalized spacial score (nSPS) is 19.9. The Hall–Kier alpha value is -4.03. The third kappa shape index (κ3) is 6.18. The maximum absolute atomic E-state index is 13.8. The van der Waals surface area contributed by atoms with Gasteiger partial charge in [-0.2, -0.15) is 0 Å². The average molecular weight is 551 g/mol. The summed E-state index contributed by atoms with van der Waals surface area (Å²) in [5.74, 6) is -0.479. The van der Waals surface area contributed by atoms with Crippen molar-refractivity contribution in [1.82, 2.24) is 9.80 Å². The molecule has 0 aromatic heterocycles. The lowest BCUT2D eigenvalue weighted by Crippen LogP contribution is -2.40. The molecule has 2 aliphatic rings. The number of ether oxygens (including phenoxy) is 1. The molecule has 1 amide bonds. The molecule has 2 atom stereocenters. The Labute approximate surface area is 240 Å². The predicted molar refractivity (Wildman–Crippen MR) is 158 cm³/mol. The third-order valence-electron chi connectivity index (χ3n) is 8.70. The molecule has 2 fully saturated rings. The van der Waals surface area contributed by atoms with E-state index in [1.54, 1.807) is 0 Å². The number of carbonyl (C=O) groups is 2. The Bertz CT molecular complexity index is 1490. The second kappa shape index (κ2) is 12.2. The van der Waals surface area contributed by atoms with E-state index in [0.29, 0.717) is 24.6 Å². The van der Waals surface area contributed by atoms with E-state index in [-0.39, 0.29) is 36.1 Å². The molecule has 0 unspecified atom stereocenters. The molecule has 0 radical (unpaired) electrons. The van der Waals surface area contributed by atoms with E-state index in [4.69, 9.17) is 4.74 Å². The molecule has 41 heavy (non-hydrogen) atoms. The summed E-state index contributed by atoms with van der Waals surface area (Å²) >= 11 is 0. The molecule has 210 valence electrons. The van der Waals surface area contributed by atoms with Crippen molar-refractivity contribution in [3.63, 3.8) is 0 Å². The molecular formula is C35H35FN2O3. The van der Waals surface area contributed by atoms with E-state index in [1.165, 1.54) is 17.7 Å². The van der Waals surface area contributed by atoms with E-state index >= 15 is 0 Å². The first-order valence-electron chi connectivity index (χ1n) is 14.5. The Morgan fingerprint density at radius 3 is 2.29 bits per heavy atom. The van der Waals surface area contributed by atoms with Gasteiger partial charge in [0.15, 0.2) is 0 Å². The summed E-state index contributed by atoms with van der Waals surface area (Å²) in [6, 6.07) is 30.3. The molecule has 6 heteroatoms. The summed E-state index contributed by atoms with van der Waals surface area (Å²) in [4.78, 5) is 31.5. The molecular weight excluding hydrogens is 515 g/mol. The summed E-state index contributed by atoms with van der Waals surface area (Å²) in [6.07, 6.45) is 1.97. The molecule has 0 saturated carbocycles. The summed E-state index contributed by atoms with van der Waals surface area (Å²) in [5, 5.41) is 1.95. The van der Waals surface area contributed by atoms with Crippen molar-refractivity contribution in [2.24, 2.45) is 11.8 Å². The summed E-state index contributed by atoms with van der Waals surface area (Å²) in [6.45, 7) is 3.64. The van der Waals surface area contributed by atoms with Crippen LogP contribution in [0.3, 0.4) is 0 Å². The zero-order chi connectivity index (χ0) is 28.2. The van der Waals surface area contributed by atoms with Gasteiger partial charge >= 0.3 is 5.97 Å². The Kier molecular flexibility index (Phi) is 8.10. The average Bonchev–Trinajstić information content (AvgIpc) is 3.44. The number of piperidine rings is 1. The molecule has 5 nitrogen and oxygen atoms in total. The zero-order valence-corrected chi connectivity index (χ0v) is 23.1. The zero-order valence-electron chi connectivity index (χ0n) is 23.1. The smallest absolute Gasteiger partial charge is 0.311 e. The van der Waals surface area contributed by atoms with Crippen molar-refractivity contribution < 1.29 is 18.7 Å². The van der Waals surface area contributed by atoms with Crippen molar-refractivity contribution in [2.75, 3.05) is 32.7 Å². The summed E-state index contributed by atoms with van der Waals surface area (Å²) in [5.41, 5.74) is 2.79. The number of likely N-dealkylation sites (tertiary alicyclic amines) is 2. The van der Waals surface area contributed by atoms with Crippen molar-refractivity contribution in [2.45, 2.75) is 25.4 Å². The highest BCUT2D eigenvalue weighted by Crippen LogP contribution is 2.32. The fraction of sp³-hybridized carbons (Fsp3) is 0.314. The van der Waals surface area contributed by atoms with Gasteiger partial charge in [0.2, 0.25) is 0 Å². The molecule has 4 aromatic rings. The van der Waals surface area contributed by atoms with Crippen LogP contribution < -0.4 is 0 Å². The SMILES string of the molecule is O=C(OCc1ccccc1)[C@@H]1CN(C(=O)c2cccc3ccccc23)C[C@H]1CN1CCC(c2ccc(F)cc2)CC1. The van der Waals surface area contributed by atoms with Gasteiger partial charge in [0.05, 0.1) is 5.92 Å². The highest BCUT2D eigenvalue weighted by molar-refractivity contribution is 6.07. The van der Waals surface area contributed by atoms with Crippen LogP contribution in [0, 0.1) is 17.7 Å². The van der Waals surface area contributed by atoms with Crippen LogP contribution in [0.1, 0.15) is 40.2 Å². The number of carbonyl (C=O) groups excluding carboxylic acids is 2. The first-order valence-corrected chi connectivity index (χ1v) is 14.5. The fourth-order valence-electron chi connectivity index (χ4n) is 6.42. The lowest BCUT2D eigenvalue weighted by atomic mass is 9.88. The van der Waals surface area contributed by atoms with E-state index in [9.17, 15) is 14.0 Å². The van der Waals surface area contributed by atoms with Crippen molar-refractivity contribution in [3.05, 3.63) is 120 Å². The van der Waals surface area contributed by atoms with E-state index in [0.717, 1.165) is 48.8 Å². The van der Waals surface area contributed by atoms with Gasteiger partial charge in [-0.05, 0) is 71.9 Å². The molecule has 0 bridgehead atoms. The van der Waals surface area contributed by atoms with Gasteiger partial charge in [-0.25, -0.2) is 4.39 Å².